The van der Waals surface area contributed by atoms with Crippen LogP contribution in [0.5, 0.6) is 5.88 Å². The third kappa shape index (κ3) is 7.74. The molecule has 2 fully saturated rings. The zero-order valence-corrected chi connectivity index (χ0v) is 19.2. The minimum atomic E-state index is -0.437. The van der Waals surface area contributed by atoms with Gasteiger partial charge in [-0.05, 0) is 59.3 Å². The Labute approximate surface area is 189 Å². The van der Waals surface area contributed by atoms with E-state index in [1.54, 1.807) is 28.3 Å². The Bertz CT molecular complexity index is 808. The Morgan fingerprint density at radius 3 is 2.34 bits per heavy atom. The van der Waals surface area contributed by atoms with Crippen molar-refractivity contribution in [1.29, 1.82) is 0 Å². The Morgan fingerprint density at radius 2 is 1.78 bits per heavy atom. The van der Waals surface area contributed by atoms with Crippen LogP contribution in [0.3, 0.4) is 0 Å². The molecule has 0 radical (unpaired) electrons. The summed E-state index contributed by atoms with van der Waals surface area (Å²) >= 11 is 0. The van der Waals surface area contributed by atoms with E-state index in [1.807, 2.05) is 20.8 Å². The first-order valence-corrected chi connectivity index (χ1v) is 11.3. The van der Waals surface area contributed by atoms with Crippen LogP contribution in [0.4, 0.5) is 4.79 Å². The number of amides is 1. The van der Waals surface area contributed by atoms with Gasteiger partial charge in [-0.1, -0.05) is 6.42 Å². The summed E-state index contributed by atoms with van der Waals surface area (Å²) < 4.78 is 12.6. The Morgan fingerprint density at radius 1 is 1.06 bits per heavy atom. The minimum Gasteiger partial charge on any atom is -0.473 e. The van der Waals surface area contributed by atoms with Crippen LogP contribution < -0.4 is 4.74 Å². The molecule has 1 saturated carbocycles. The summed E-state index contributed by atoms with van der Waals surface area (Å²) in [6, 6.07) is 0. The fourth-order valence-electron chi connectivity index (χ4n) is 3.54. The number of hydrogen-bond donors (Lipinski definition) is 1. The number of hydrogen-bond acceptors (Lipinski definition) is 8. The van der Waals surface area contributed by atoms with Gasteiger partial charge in [-0.25, -0.2) is 24.4 Å². The van der Waals surface area contributed by atoms with E-state index in [9.17, 15) is 9.90 Å². The van der Waals surface area contributed by atoms with Gasteiger partial charge in [0, 0.05) is 13.1 Å². The molecule has 2 aliphatic rings. The van der Waals surface area contributed by atoms with Crippen LogP contribution in [0.1, 0.15) is 65.7 Å². The van der Waals surface area contributed by atoms with E-state index in [4.69, 9.17) is 9.47 Å². The second-order valence-corrected chi connectivity index (χ2v) is 9.13. The van der Waals surface area contributed by atoms with Crippen molar-refractivity contribution in [2.24, 2.45) is 0 Å². The third-order valence-corrected chi connectivity index (χ3v) is 5.22. The van der Waals surface area contributed by atoms with Crippen LogP contribution in [0.15, 0.2) is 25.0 Å². The number of piperidine rings is 1. The molecular formula is C22H34N6O4. The monoisotopic (exact) mass is 446 g/mol. The fourth-order valence-corrected chi connectivity index (χ4v) is 3.54. The second kappa shape index (κ2) is 11.2. The molecule has 0 atom stereocenters. The summed E-state index contributed by atoms with van der Waals surface area (Å²) in [5.74, 6) is 1.23. The molecule has 2 aromatic rings. The van der Waals surface area contributed by atoms with Gasteiger partial charge in [-0.15, -0.1) is 0 Å². The number of nitrogens with zero attached hydrogens (tertiary/aromatic N) is 6. The van der Waals surface area contributed by atoms with Crippen molar-refractivity contribution in [1.82, 2.24) is 29.6 Å². The smallest absolute Gasteiger partial charge is 0.410 e. The molecule has 10 heteroatoms. The van der Waals surface area contributed by atoms with Crippen molar-refractivity contribution >= 4 is 6.09 Å². The lowest BCUT2D eigenvalue weighted by molar-refractivity contribution is 0.0101. The number of ether oxygens (including phenoxy) is 2. The highest BCUT2D eigenvalue weighted by molar-refractivity contribution is 5.68. The topological polar surface area (TPSA) is 115 Å². The van der Waals surface area contributed by atoms with Crippen molar-refractivity contribution in [3.8, 4) is 11.7 Å². The van der Waals surface area contributed by atoms with Gasteiger partial charge in [0.25, 0.3) is 0 Å². The molecule has 1 aliphatic heterocycles. The normalized spacial score (nSPS) is 17.9. The lowest BCUT2D eigenvalue weighted by Crippen LogP contribution is -2.42. The molecule has 1 N–H and O–H groups in total. The largest absolute Gasteiger partial charge is 0.473 e. The van der Waals surface area contributed by atoms with Crippen LogP contribution >= 0.6 is 0 Å². The Balaban J connectivity index is 0.000000188. The van der Waals surface area contributed by atoms with Crippen molar-refractivity contribution in [3.05, 3.63) is 25.0 Å². The zero-order chi connectivity index (χ0) is 23.0. The molecule has 0 unspecified atom stereocenters. The van der Waals surface area contributed by atoms with E-state index in [1.165, 1.54) is 25.6 Å². The average Bonchev–Trinajstić information content (AvgIpc) is 3.30. The number of likely N-dealkylation sites (tertiary alicyclic amines) is 1. The molecule has 1 amide bonds. The predicted molar refractivity (Wildman–Crippen MR) is 117 cm³/mol. The van der Waals surface area contributed by atoms with Crippen LogP contribution in [-0.2, 0) is 4.74 Å². The maximum Gasteiger partial charge on any atom is 0.410 e. The molecular weight excluding hydrogens is 412 g/mol. The highest BCUT2D eigenvalue weighted by atomic mass is 16.6. The van der Waals surface area contributed by atoms with Gasteiger partial charge in [0.15, 0.2) is 5.82 Å². The number of aliphatic hydroxyl groups excluding tert-OH is 1. The standard InChI is InChI=1S/C12H15N5O.C10H19NO3/c1-2-4-10(5-3-1)18-12-7-14-11(6-15-12)17-9-13-8-16-17;1-10(2,3)14-9(13)11-6-4-8(12)5-7-11/h6-10H,1-5H2;8,12H,4-7H2,1-3H3. The number of carbonyl (C=O) groups is 1. The number of carbonyl (C=O) groups excluding carboxylic acids is 1. The van der Waals surface area contributed by atoms with Crippen molar-refractivity contribution in [2.45, 2.75) is 83.5 Å². The SMILES string of the molecule is CC(C)(C)OC(=O)N1CCC(O)CC1.c1ncn(-c2cnc(OC3CCCCC3)cn2)n1. The lowest BCUT2D eigenvalue weighted by atomic mass is 9.98. The lowest BCUT2D eigenvalue weighted by Gasteiger charge is -2.31. The van der Waals surface area contributed by atoms with E-state index < -0.39 is 5.60 Å². The fraction of sp³-hybridized carbons (Fsp3) is 0.682. The molecule has 3 heterocycles. The van der Waals surface area contributed by atoms with Gasteiger partial charge in [-0.2, -0.15) is 5.10 Å². The quantitative estimate of drug-likeness (QED) is 0.764. The maximum absolute atomic E-state index is 11.5. The second-order valence-electron chi connectivity index (χ2n) is 9.13. The van der Waals surface area contributed by atoms with Gasteiger partial charge in [0.05, 0.1) is 18.5 Å². The van der Waals surface area contributed by atoms with E-state index in [0.717, 1.165) is 12.8 Å². The maximum atomic E-state index is 11.5. The molecule has 0 spiro atoms. The third-order valence-electron chi connectivity index (χ3n) is 5.22. The Kier molecular flexibility index (Phi) is 8.38. The van der Waals surface area contributed by atoms with Crippen molar-refractivity contribution in [3.63, 3.8) is 0 Å². The first kappa shape index (κ1) is 23.9. The van der Waals surface area contributed by atoms with Crippen molar-refractivity contribution < 1.29 is 19.4 Å². The molecule has 0 bridgehead atoms. The molecule has 176 valence electrons. The number of aromatic nitrogens is 5. The van der Waals surface area contributed by atoms with Gasteiger partial charge < -0.3 is 19.5 Å². The number of rotatable bonds is 3. The average molecular weight is 447 g/mol. The summed E-state index contributed by atoms with van der Waals surface area (Å²) in [7, 11) is 0. The predicted octanol–water partition coefficient (Wildman–Crippen LogP) is 3.15. The van der Waals surface area contributed by atoms with Gasteiger partial charge in [-0.3, -0.25) is 0 Å². The van der Waals surface area contributed by atoms with E-state index in [-0.39, 0.29) is 12.2 Å². The summed E-state index contributed by atoms with van der Waals surface area (Å²) in [5, 5.41) is 13.3. The zero-order valence-electron chi connectivity index (χ0n) is 19.2. The van der Waals surface area contributed by atoms with Gasteiger partial charge >= 0.3 is 6.09 Å². The summed E-state index contributed by atoms with van der Waals surface area (Å²) in [6.45, 7) is 6.74. The van der Waals surface area contributed by atoms with E-state index in [2.05, 4.69) is 20.1 Å². The summed E-state index contributed by atoms with van der Waals surface area (Å²) in [5.41, 5.74) is -0.437. The molecule has 0 aromatic carbocycles. The molecule has 32 heavy (non-hydrogen) atoms. The van der Waals surface area contributed by atoms with Gasteiger partial charge in [0.2, 0.25) is 5.88 Å². The molecule has 10 nitrogen and oxygen atoms in total. The first-order valence-electron chi connectivity index (χ1n) is 11.3. The minimum absolute atomic E-state index is 0.256. The van der Waals surface area contributed by atoms with E-state index >= 15 is 0 Å². The molecule has 2 aromatic heterocycles. The highest BCUT2D eigenvalue weighted by Crippen LogP contribution is 2.22. The molecule has 1 saturated heterocycles. The summed E-state index contributed by atoms with van der Waals surface area (Å²) in [4.78, 5) is 25.6. The number of aliphatic hydroxyl groups is 1. The summed E-state index contributed by atoms with van der Waals surface area (Å²) in [6.07, 6.45) is 13.5. The van der Waals surface area contributed by atoms with Crippen LogP contribution in [-0.4, -0.2) is 71.7 Å². The highest BCUT2D eigenvalue weighted by Gasteiger charge is 2.25. The van der Waals surface area contributed by atoms with Crippen LogP contribution in [0.25, 0.3) is 5.82 Å². The molecule has 1 aliphatic carbocycles. The Hall–Kier alpha value is -2.75. The molecule has 4 rings (SSSR count). The van der Waals surface area contributed by atoms with Gasteiger partial charge in [0.1, 0.15) is 24.4 Å². The van der Waals surface area contributed by atoms with Crippen LogP contribution in [0.2, 0.25) is 0 Å². The first-order chi connectivity index (χ1) is 15.3. The van der Waals surface area contributed by atoms with Crippen LogP contribution in [0, 0.1) is 0 Å². The van der Waals surface area contributed by atoms with Crippen molar-refractivity contribution in [2.75, 3.05) is 13.1 Å². The van der Waals surface area contributed by atoms with E-state index in [0.29, 0.717) is 43.7 Å².